The minimum absolute atomic E-state index is 0.0227. The monoisotopic (exact) mass is 482 g/mol. The van der Waals surface area contributed by atoms with E-state index in [2.05, 4.69) is 0 Å². The van der Waals surface area contributed by atoms with Crippen LogP contribution in [-0.2, 0) is 14.2 Å². The second-order valence-corrected chi connectivity index (χ2v) is 8.04. The van der Waals surface area contributed by atoms with Gasteiger partial charge in [-0.1, -0.05) is 35.4 Å². The normalized spacial score (nSPS) is 26.7. The average Bonchev–Trinajstić information content (AvgIpc) is 3.03. The van der Waals surface area contributed by atoms with Gasteiger partial charge >= 0.3 is 17.6 Å². The van der Waals surface area contributed by atoms with Gasteiger partial charge in [0.15, 0.2) is 0 Å². The lowest BCUT2D eigenvalue weighted by Gasteiger charge is -2.19. The lowest BCUT2D eigenvalue weighted by atomic mass is 10.1. The summed E-state index contributed by atoms with van der Waals surface area (Å²) in [5.74, 6) is -2.02. The lowest BCUT2D eigenvalue weighted by molar-refractivity contribution is -0.0582. The summed E-state index contributed by atoms with van der Waals surface area (Å²) in [6, 6.07) is 12.3. The molecule has 1 aliphatic heterocycles. The Morgan fingerprint density at radius 1 is 1.03 bits per heavy atom. The highest BCUT2D eigenvalue weighted by Crippen LogP contribution is 2.31. The maximum atomic E-state index is 13.0. The summed E-state index contributed by atoms with van der Waals surface area (Å²) in [6.07, 6.45) is -10.1. The molecule has 35 heavy (non-hydrogen) atoms. The number of nitrogens with one attached hydrogen (secondary N) is 1. The zero-order valence-electron chi connectivity index (χ0n) is 23.3. The molecule has 9 heteroatoms. The number of carbonyl (C=O) groups is 2. The van der Waals surface area contributed by atoms with Crippen LogP contribution in [0.5, 0.6) is 0 Å². The fourth-order valence-corrected chi connectivity index (χ4v) is 3.23. The molecule has 2 heterocycles. The number of H-pyrrole nitrogens is 1. The van der Waals surface area contributed by atoms with E-state index in [9.17, 15) is 19.2 Å². The number of aromatic amines is 1. The first-order valence-electron chi connectivity index (χ1n) is 12.7. The smallest absolute Gasteiger partial charge is 0.338 e. The summed E-state index contributed by atoms with van der Waals surface area (Å²) in [7, 11) is 0. The SMILES string of the molecule is [2H]C1([2H])[C@H](n2cc(C)c(=O)[nH]c2=O)O[C@]([2H])(COC(=O)c2ccc(C)cc2)[C@@]1([2H])OC(=O)c1ccc(C)cc1. The molecule has 3 atom stereocenters. The maximum Gasteiger partial charge on any atom is 0.338 e. The Morgan fingerprint density at radius 2 is 1.60 bits per heavy atom. The fourth-order valence-electron chi connectivity index (χ4n) is 3.23. The number of rotatable bonds is 6. The van der Waals surface area contributed by atoms with E-state index in [-0.39, 0.29) is 16.7 Å². The number of nitrogens with zero attached hydrogens (tertiary/aromatic N) is 1. The van der Waals surface area contributed by atoms with Crippen molar-refractivity contribution >= 4 is 11.9 Å². The Hall–Kier alpha value is -3.98. The van der Waals surface area contributed by atoms with Gasteiger partial charge in [-0.2, -0.15) is 0 Å². The van der Waals surface area contributed by atoms with Crippen molar-refractivity contribution < 1.29 is 29.3 Å². The molecule has 0 amide bonds. The molecule has 182 valence electrons. The average molecular weight is 483 g/mol. The molecular formula is C26H26N2O7. The first-order valence-corrected chi connectivity index (χ1v) is 10.7. The highest BCUT2D eigenvalue weighted by atomic mass is 16.6. The highest BCUT2D eigenvalue weighted by Gasteiger charge is 2.40. The Balaban J connectivity index is 1.75. The van der Waals surface area contributed by atoms with Crippen molar-refractivity contribution in [3.05, 3.63) is 103 Å². The molecule has 3 aromatic rings. The van der Waals surface area contributed by atoms with Gasteiger partial charge in [-0.05, 0) is 45.0 Å². The third kappa shape index (κ3) is 5.58. The number of hydrogen-bond acceptors (Lipinski definition) is 7. The molecular weight excluding hydrogens is 452 g/mol. The summed E-state index contributed by atoms with van der Waals surface area (Å²) >= 11 is 0. The van der Waals surface area contributed by atoms with Crippen LogP contribution in [-0.4, -0.2) is 40.3 Å². The van der Waals surface area contributed by atoms with Gasteiger partial charge in [0.1, 0.15) is 25.0 Å². The number of esters is 2. The van der Waals surface area contributed by atoms with Gasteiger partial charge in [0.2, 0.25) is 0 Å². The van der Waals surface area contributed by atoms with Gasteiger partial charge in [-0.3, -0.25) is 14.3 Å². The number of aryl methyl sites for hydroxylation is 3. The summed E-state index contributed by atoms with van der Waals surface area (Å²) in [5, 5.41) is 0. The van der Waals surface area contributed by atoms with Crippen LogP contribution in [0, 0.1) is 20.8 Å². The van der Waals surface area contributed by atoms with E-state index in [0.29, 0.717) is 4.57 Å². The van der Waals surface area contributed by atoms with Crippen molar-refractivity contribution in [1.82, 2.24) is 9.55 Å². The highest BCUT2D eigenvalue weighted by molar-refractivity contribution is 5.90. The van der Waals surface area contributed by atoms with Gasteiger partial charge in [-0.15, -0.1) is 0 Å². The molecule has 4 rings (SSSR count). The quantitative estimate of drug-likeness (QED) is 0.537. The van der Waals surface area contributed by atoms with Gasteiger partial charge in [0.05, 0.1) is 13.9 Å². The maximum absolute atomic E-state index is 13.0. The summed E-state index contributed by atoms with van der Waals surface area (Å²) in [5.41, 5.74) is 0.0407. The number of hydrogen-bond donors (Lipinski definition) is 1. The zero-order valence-corrected chi connectivity index (χ0v) is 19.3. The molecule has 0 spiro atoms. The van der Waals surface area contributed by atoms with Crippen LogP contribution < -0.4 is 11.2 Å². The molecule has 1 saturated heterocycles. The summed E-state index contributed by atoms with van der Waals surface area (Å²) < 4.78 is 52.2. The molecule has 1 N–H and O–H groups in total. The van der Waals surface area contributed by atoms with E-state index in [0.717, 1.165) is 17.3 Å². The van der Waals surface area contributed by atoms with Gasteiger partial charge < -0.3 is 14.2 Å². The molecule has 0 bridgehead atoms. The van der Waals surface area contributed by atoms with Crippen molar-refractivity contribution in [3.63, 3.8) is 0 Å². The molecule has 9 nitrogen and oxygen atoms in total. The zero-order chi connectivity index (χ0) is 28.8. The van der Waals surface area contributed by atoms with Crippen LogP contribution in [0.25, 0.3) is 0 Å². The van der Waals surface area contributed by atoms with Crippen molar-refractivity contribution in [2.24, 2.45) is 0 Å². The third-order valence-corrected chi connectivity index (χ3v) is 5.26. The molecule has 1 fully saturated rings. The first kappa shape index (κ1) is 19.3. The Labute approximate surface area is 206 Å². The van der Waals surface area contributed by atoms with Crippen LogP contribution in [0.15, 0.2) is 64.3 Å². The van der Waals surface area contributed by atoms with E-state index in [1.165, 1.54) is 31.2 Å². The number of carbonyl (C=O) groups excluding carboxylic acids is 2. The van der Waals surface area contributed by atoms with E-state index in [4.69, 9.17) is 19.7 Å². The largest absolute Gasteiger partial charge is 0.459 e. The molecule has 2 aromatic carbocycles. The second kappa shape index (κ2) is 10.1. The van der Waals surface area contributed by atoms with Crippen LogP contribution in [0.2, 0.25) is 0 Å². The minimum Gasteiger partial charge on any atom is -0.459 e. The molecule has 0 unspecified atom stereocenters. The Morgan fingerprint density at radius 3 is 2.20 bits per heavy atom. The molecule has 0 radical (unpaired) electrons. The van der Waals surface area contributed by atoms with E-state index < -0.39 is 54.6 Å². The molecule has 0 saturated carbocycles. The standard InChI is InChI=1S/C26H26N2O7/c1-15-4-8-18(9-5-15)24(30)33-14-21-20(35-25(31)19-10-6-16(2)7-11-19)12-22(34-21)28-13-17(3)23(29)27-26(28)32/h4-11,13,20-22H,12,14H2,1-3H3,(H,27,29,32)/t20-,21+,22+/m0/s1/i12D2,20D,21D. The topological polar surface area (TPSA) is 117 Å². The third-order valence-electron chi connectivity index (χ3n) is 5.26. The van der Waals surface area contributed by atoms with Crippen LogP contribution in [0.3, 0.4) is 0 Å². The summed E-state index contributed by atoms with van der Waals surface area (Å²) in [6.45, 7) is 3.94. The summed E-state index contributed by atoms with van der Waals surface area (Å²) in [4.78, 5) is 52.2. The number of aromatic nitrogens is 2. The minimum atomic E-state index is -3.15. The van der Waals surface area contributed by atoms with Gasteiger partial charge in [-0.25, -0.2) is 14.4 Å². The molecule has 1 aromatic heterocycles. The van der Waals surface area contributed by atoms with Crippen molar-refractivity contribution in [2.45, 2.75) is 45.5 Å². The van der Waals surface area contributed by atoms with Crippen LogP contribution >= 0.6 is 0 Å². The van der Waals surface area contributed by atoms with Gasteiger partial charge in [0.25, 0.3) is 5.56 Å². The lowest BCUT2D eigenvalue weighted by Crippen LogP contribution is -2.33. The molecule has 0 aliphatic carbocycles. The van der Waals surface area contributed by atoms with Crippen LogP contribution in [0.1, 0.15) is 55.5 Å². The van der Waals surface area contributed by atoms with E-state index >= 15 is 0 Å². The number of ether oxygens (including phenoxy) is 3. The Bertz CT molecular complexity index is 1540. The Kier molecular flexibility index (Phi) is 5.58. The number of benzene rings is 2. The van der Waals surface area contributed by atoms with Crippen molar-refractivity contribution in [1.29, 1.82) is 0 Å². The predicted octanol–water partition coefficient (Wildman–Crippen LogP) is 2.83. The van der Waals surface area contributed by atoms with Gasteiger partial charge in [0, 0.05) is 20.9 Å². The van der Waals surface area contributed by atoms with Crippen LogP contribution in [0.4, 0.5) is 0 Å². The first-order chi connectivity index (χ1) is 18.2. The fraction of sp³-hybridized carbons (Fsp3) is 0.308. The van der Waals surface area contributed by atoms with E-state index in [1.54, 1.807) is 31.2 Å². The molecule has 1 aliphatic rings. The van der Waals surface area contributed by atoms with Crippen molar-refractivity contribution in [2.75, 3.05) is 6.61 Å². The van der Waals surface area contributed by atoms with E-state index in [1.807, 2.05) is 11.9 Å². The van der Waals surface area contributed by atoms with Crippen molar-refractivity contribution in [3.8, 4) is 0 Å². The second-order valence-electron chi connectivity index (χ2n) is 8.04. The predicted molar refractivity (Wildman–Crippen MR) is 126 cm³/mol.